The maximum Gasteiger partial charge on any atom is 0.213 e. The van der Waals surface area contributed by atoms with Crippen LogP contribution < -0.4 is 15.4 Å². The van der Waals surface area contributed by atoms with Crippen molar-refractivity contribution in [3.8, 4) is 5.88 Å². The standard InChI is InChI=1S/C20H33N5O2.HI/c1-21-20(24-18-6-9-25(10-7-18)11-12-26-2)23-14-17-5-8-22-19(13-17)27-15-16-3-4-16;/h5,8,13,16,18H,3-4,6-7,9-12,14-15H2,1-2H3,(H2,21,23,24);1H. The maximum atomic E-state index is 5.76. The molecule has 1 aromatic heterocycles. The van der Waals surface area contributed by atoms with E-state index in [1.807, 2.05) is 25.4 Å². The molecule has 3 rings (SSSR count). The molecule has 28 heavy (non-hydrogen) atoms. The van der Waals surface area contributed by atoms with Gasteiger partial charge in [0.25, 0.3) is 0 Å². The summed E-state index contributed by atoms with van der Waals surface area (Å²) in [6.45, 7) is 5.52. The van der Waals surface area contributed by atoms with Crippen LogP contribution in [-0.4, -0.2) is 68.9 Å². The van der Waals surface area contributed by atoms with Crippen LogP contribution in [0.1, 0.15) is 31.2 Å². The first-order chi connectivity index (χ1) is 13.3. The van der Waals surface area contributed by atoms with Crippen LogP contribution in [0, 0.1) is 5.92 Å². The molecule has 1 saturated heterocycles. The number of guanidine groups is 1. The number of ether oxygens (including phenoxy) is 2. The highest BCUT2D eigenvalue weighted by Crippen LogP contribution is 2.29. The summed E-state index contributed by atoms with van der Waals surface area (Å²) in [6, 6.07) is 4.49. The number of pyridine rings is 1. The number of nitrogens with one attached hydrogen (secondary N) is 2. The second-order valence-electron chi connectivity index (χ2n) is 7.44. The molecule has 2 heterocycles. The van der Waals surface area contributed by atoms with Crippen molar-refractivity contribution >= 4 is 29.9 Å². The molecule has 1 aliphatic carbocycles. The van der Waals surface area contributed by atoms with Gasteiger partial charge < -0.3 is 25.0 Å². The Labute approximate surface area is 185 Å². The Hall–Kier alpha value is -1.13. The predicted octanol–water partition coefficient (Wildman–Crippen LogP) is 2.26. The molecule has 2 fully saturated rings. The number of methoxy groups -OCH3 is 1. The summed E-state index contributed by atoms with van der Waals surface area (Å²) >= 11 is 0. The zero-order valence-electron chi connectivity index (χ0n) is 17.0. The van der Waals surface area contributed by atoms with E-state index in [1.165, 1.54) is 12.8 Å². The third kappa shape index (κ3) is 8.08. The highest BCUT2D eigenvalue weighted by Gasteiger charge is 2.22. The molecule has 1 saturated carbocycles. The minimum Gasteiger partial charge on any atom is -0.477 e. The number of aromatic nitrogens is 1. The number of aliphatic imine (C=N–C) groups is 1. The van der Waals surface area contributed by atoms with Gasteiger partial charge in [0.15, 0.2) is 5.96 Å². The van der Waals surface area contributed by atoms with E-state index in [0.717, 1.165) is 63.1 Å². The van der Waals surface area contributed by atoms with Crippen LogP contribution in [0.15, 0.2) is 23.3 Å². The SMILES string of the molecule is CN=C(NCc1ccnc(OCC2CC2)c1)NC1CCN(CCOC)CC1.I. The molecule has 0 spiro atoms. The largest absolute Gasteiger partial charge is 0.477 e. The number of piperidine rings is 1. The third-order valence-corrected chi connectivity index (χ3v) is 5.19. The van der Waals surface area contributed by atoms with Crippen molar-refractivity contribution in [1.82, 2.24) is 20.5 Å². The normalized spacial score (nSPS) is 18.4. The molecule has 1 aromatic rings. The summed E-state index contributed by atoms with van der Waals surface area (Å²) in [7, 11) is 3.58. The molecule has 0 bridgehead atoms. The van der Waals surface area contributed by atoms with Gasteiger partial charge in [0.1, 0.15) is 0 Å². The van der Waals surface area contributed by atoms with Gasteiger partial charge in [-0.2, -0.15) is 0 Å². The van der Waals surface area contributed by atoms with Crippen molar-refractivity contribution in [3.05, 3.63) is 23.9 Å². The highest BCUT2D eigenvalue weighted by atomic mass is 127. The third-order valence-electron chi connectivity index (χ3n) is 5.19. The Morgan fingerprint density at radius 3 is 2.75 bits per heavy atom. The molecule has 2 N–H and O–H groups in total. The van der Waals surface area contributed by atoms with Gasteiger partial charge in [-0.25, -0.2) is 4.98 Å². The van der Waals surface area contributed by atoms with Crippen molar-refractivity contribution in [2.75, 3.05) is 47.0 Å². The Kier molecular flexibility index (Phi) is 10.3. The van der Waals surface area contributed by atoms with Crippen molar-refractivity contribution in [3.63, 3.8) is 0 Å². The van der Waals surface area contributed by atoms with Crippen LogP contribution in [0.4, 0.5) is 0 Å². The van der Waals surface area contributed by atoms with Gasteiger partial charge >= 0.3 is 0 Å². The topological polar surface area (TPSA) is 71.0 Å². The smallest absolute Gasteiger partial charge is 0.213 e. The summed E-state index contributed by atoms with van der Waals surface area (Å²) in [6.07, 6.45) is 6.63. The molecular formula is C20H34IN5O2. The van der Waals surface area contributed by atoms with E-state index in [0.29, 0.717) is 18.5 Å². The summed E-state index contributed by atoms with van der Waals surface area (Å²) in [5, 5.41) is 6.95. The molecule has 7 nitrogen and oxygen atoms in total. The lowest BCUT2D eigenvalue weighted by Gasteiger charge is -2.32. The number of hydrogen-bond acceptors (Lipinski definition) is 5. The monoisotopic (exact) mass is 503 g/mol. The molecule has 8 heteroatoms. The zero-order chi connectivity index (χ0) is 18.9. The summed E-state index contributed by atoms with van der Waals surface area (Å²) in [5.74, 6) is 2.30. The lowest BCUT2D eigenvalue weighted by atomic mass is 10.1. The van der Waals surface area contributed by atoms with Crippen LogP contribution in [-0.2, 0) is 11.3 Å². The van der Waals surface area contributed by atoms with E-state index in [-0.39, 0.29) is 24.0 Å². The van der Waals surface area contributed by atoms with Crippen LogP contribution in [0.5, 0.6) is 5.88 Å². The fourth-order valence-corrected chi connectivity index (χ4v) is 3.22. The number of halogens is 1. The molecular weight excluding hydrogens is 469 g/mol. The Morgan fingerprint density at radius 1 is 1.29 bits per heavy atom. The van der Waals surface area contributed by atoms with E-state index in [2.05, 4.69) is 25.5 Å². The molecule has 2 aliphatic rings. The Bertz CT molecular complexity index is 604. The molecule has 0 aromatic carbocycles. The number of nitrogens with zero attached hydrogens (tertiary/aromatic N) is 3. The lowest BCUT2D eigenvalue weighted by Crippen LogP contribution is -2.48. The first kappa shape index (κ1) is 23.2. The quantitative estimate of drug-likeness (QED) is 0.306. The average molecular weight is 503 g/mol. The van der Waals surface area contributed by atoms with Crippen LogP contribution in [0.25, 0.3) is 0 Å². The minimum absolute atomic E-state index is 0. The van der Waals surface area contributed by atoms with E-state index >= 15 is 0 Å². The van der Waals surface area contributed by atoms with Gasteiger partial charge in [0.2, 0.25) is 5.88 Å². The highest BCUT2D eigenvalue weighted by molar-refractivity contribution is 14.0. The summed E-state index contributed by atoms with van der Waals surface area (Å²) in [5.41, 5.74) is 1.15. The van der Waals surface area contributed by atoms with Crippen LogP contribution in [0.3, 0.4) is 0 Å². The molecule has 0 atom stereocenters. The molecule has 1 aliphatic heterocycles. The lowest BCUT2D eigenvalue weighted by molar-refractivity contribution is 0.128. The Morgan fingerprint density at radius 2 is 2.07 bits per heavy atom. The van der Waals surface area contributed by atoms with Gasteiger partial charge in [0.05, 0.1) is 13.2 Å². The van der Waals surface area contributed by atoms with E-state index in [1.54, 1.807) is 7.11 Å². The number of rotatable bonds is 9. The number of likely N-dealkylation sites (tertiary alicyclic amines) is 1. The van der Waals surface area contributed by atoms with Gasteiger partial charge in [-0.15, -0.1) is 24.0 Å². The average Bonchev–Trinajstić information content (AvgIpc) is 3.54. The van der Waals surface area contributed by atoms with Crippen molar-refractivity contribution in [1.29, 1.82) is 0 Å². The fraction of sp³-hybridized carbons (Fsp3) is 0.700. The predicted molar refractivity (Wildman–Crippen MR) is 123 cm³/mol. The summed E-state index contributed by atoms with van der Waals surface area (Å²) < 4.78 is 10.9. The van der Waals surface area contributed by atoms with Crippen molar-refractivity contribution in [2.24, 2.45) is 10.9 Å². The molecule has 0 amide bonds. The van der Waals surface area contributed by atoms with Crippen LogP contribution >= 0.6 is 24.0 Å². The van der Waals surface area contributed by atoms with Gasteiger partial charge in [0, 0.05) is 58.6 Å². The maximum absolute atomic E-state index is 5.76. The first-order valence-corrected chi connectivity index (χ1v) is 10.0. The van der Waals surface area contributed by atoms with E-state index in [9.17, 15) is 0 Å². The zero-order valence-corrected chi connectivity index (χ0v) is 19.4. The van der Waals surface area contributed by atoms with E-state index in [4.69, 9.17) is 9.47 Å². The second-order valence-corrected chi connectivity index (χ2v) is 7.44. The molecule has 0 radical (unpaired) electrons. The summed E-state index contributed by atoms with van der Waals surface area (Å²) in [4.78, 5) is 11.1. The molecule has 0 unspecified atom stereocenters. The number of hydrogen-bond donors (Lipinski definition) is 2. The Balaban J connectivity index is 0.00000280. The van der Waals surface area contributed by atoms with Gasteiger partial charge in [-0.3, -0.25) is 4.99 Å². The first-order valence-electron chi connectivity index (χ1n) is 10.0. The van der Waals surface area contributed by atoms with Crippen molar-refractivity contribution < 1.29 is 9.47 Å². The van der Waals surface area contributed by atoms with E-state index < -0.39 is 0 Å². The molecule has 158 valence electrons. The minimum atomic E-state index is 0. The fourth-order valence-electron chi connectivity index (χ4n) is 3.22. The van der Waals surface area contributed by atoms with Crippen molar-refractivity contribution in [2.45, 2.75) is 38.3 Å². The van der Waals surface area contributed by atoms with Gasteiger partial charge in [-0.05, 0) is 43.2 Å². The van der Waals surface area contributed by atoms with Gasteiger partial charge in [-0.1, -0.05) is 0 Å². The second kappa shape index (κ2) is 12.4. The van der Waals surface area contributed by atoms with Crippen LogP contribution in [0.2, 0.25) is 0 Å².